The van der Waals surface area contributed by atoms with E-state index in [-0.39, 0.29) is 17.7 Å². The van der Waals surface area contributed by atoms with Crippen LogP contribution in [0.4, 0.5) is 0 Å². The van der Waals surface area contributed by atoms with Crippen molar-refractivity contribution in [2.45, 2.75) is 32.3 Å². The third-order valence-corrected chi connectivity index (χ3v) is 3.91. The number of nitrogens with zero attached hydrogens (tertiary/aromatic N) is 2. The van der Waals surface area contributed by atoms with Gasteiger partial charge in [-0.05, 0) is 20.3 Å². The fraction of sp³-hybridized carbons (Fsp3) is 0.857. The molecule has 20 heavy (non-hydrogen) atoms. The molecule has 1 atom stereocenters. The molecule has 0 spiro atoms. The van der Waals surface area contributed by atoms with Gasteiger partial charge in [-0.2, -0.15) is 0 Å². The number of aliphatic hydroxyl groups is 1. The molecule has 2 amide bonds. The van der Waals surface area contributed by atoms with E-state index in [2.05, 4.69) is 10.2 Å². The summed E-state index contributed by atoms with van der Waals surface area (Å²) >= 11 is 0. The second-order valence-electron chi connectivity index (χ2n) is 6.45. The van der Waals surface area contributed by atoms with Crippen LogP contribution in [0.15, 0.2) is 0 Å². The molecule has 0 radical (unpaired) electrons. The van der Waals surface area contributed by atoms with Crippen molar-refractivity contribution in [3.63, 3.8) is 0 Å². The average Bonchev–Trinajstić information content (AvgIpc) is 2.38. The highest BCUT2D eigenvalue weighted by atomic mass is 16.3. The molecule has 1 unspecified atom stereocenters. The van der Waals surface area contributed by atoms with Crippen LogP contribution in [0, 0.1) is 5.92 Å². The van der Waals surface area contributed by atoms with Crippen LogP contribution in [0.25, 0.3) is 0 Å². The van der Waals surface area contributed by atoms with E-state index in [1.54, 1.807) is 13.8 Å². The SMILES string of the molecule is CC(C)(O)CN1CCN(C(=O)C2CCC(=O)NC2)CC1. The molecular formula is C14H25N3O3. The lowest BCUT2D eigenvalue weighted by molar-refractivity contribution is -0.139. The predicted molar refractivity (Wildman–Crippen MR) is 75.1 cm³/mol. The first-order valence-corrected chi connectivity index (χ1v) is 7.35. The number of β-amino-alcohol motifs (C(OH)–C–C–N with tert-alkyl or cyclic N) is 1. The van der Waals surface area contributed by atoms with Gasteiger partial charge in [0.2, 0.25) is 11.8 Å². The first kappa shape index (κ1) is 15.3. The first-order chi connectivity index (χ1) is 9.35. The van der Waals surface area contributed by atoms with Crippen LogP contribution in [0.1, 0.15) is 26.7 Å². The molecule has 6 heteroatoms. The van der Waals surface area contributed by atoms with Crippen molar-refractivity contribution >= 4 is 11.8 Å². The van der Waals surface area contributed by atoms with Gasteiger partial charge < -0.3 is 15.3 Å². The number of hydrogen-bond acceptors (Lipinski definition) is 4. The van der Waals surface area contributed by atoms with Crippen LogP contribution in [0.3, 0.4) is 0 Å². The number of carbonyl (C=O) groups is 2. The molecule has 2 heterocycles. The first-order valence-electron chi connectivity index (χ1n) is 7.35. The van der Waals surface area contributed by atoms with E-state index in [1.165, 1.54) is 0 Å². The monoisotopic (exact) mass is 283 g/mol. The van der Waals surface area contributed by atoms with Gasteiger partial charge in [-0.1, -0.05) is 0 Å². The average molecular weight is 283 g/mol. The Morgan fingerprint density at radius 1 is 1.35 bits per heavy atom. The van der Waals surface area contributed by atoms with Crippen LogP contribution in [-0.2, 0) is 9.59 Å². The minimum absolute atomic E-state index is 0.0454. The van der Waals surface area contributed by atoms with E-state index in [9.17, 15) is 14.7 Å². The van der Waals surface area contributed by atoms with Gasteiger partial charge in [-0.25, -0.2) is 0 Å². The zero-order valence-electron chi connectivity index (χ0n) is 12.4. The molecule has 114 valence electrons. The Balaban J connectivity index is 1.78. The van der Waals surface area contributed by atoms with E-state index in [4.69, 9.17) is 0 Å². The smallest absolute Gasteiger partial charge is 0.227 e. The molecule has 0 saturated carbocycles. The van der Waals surface area contributed by atoms with Crippen molar-refractivity contribution in [3.8, 4) is 0 Å². The summed E-state index contributed by atoms with van der Waals surface area (Å²) in [6, 6.07) is 0. The van der Waals surface area contributed by atoms with Gasteiger partial charge in [0.15, 0.2) is 0 Å². The molecule has 2 N–H and O–H groups in total. The van der Waals surface area contributed by atoms with Crippen LogP contribution in [0.5, 0.6) is 0 Å². The molecule has 2 saturated heterocycles. The maximum atomic E-state index is 12.4. The summed E-state index contributed by atoms with van der Waals surface area (Å²) in [5.74, 6) is 0.144. The molecule has 0 bridgehead atoms. The second kappa shape index (κ2) is 6.10. The predicted octanol–water partition coefficient (Wildman–Crippen LogP) is -0.572. The van der Waals surface area contributed by atoms with Crippen molar-refractivity contribution < 1.29 is 14.7 Å². The summed E-state index contributed by atoms with van der Waals surface area (Å²) in [7, 11) is 0. The number of piperidine rings is 1. The Morgan fingerprint density at radius 3 is 2.50 bits per heavy atom. The minimum Gasteiger partial charge on any atom is -0.389 e. The van der Waals surface area contributed by atoms with Crippen molar-refractivity contribution in [1.82, 2.24) is 15.1 Å². The third kappa shape index (κ3) is 4.18. The molecule has 0 aromatic heterocycles. The number of piperazine rings is 1. The summed E-state index contributed by atoms with van der Waals surface area (Å²) in [6.07, 6.45) is 1.11. The number of carbonyl (C=O) groups excluding carboxylic acids is 2. The van der Waals surface area contributed by atoms with Gasteiger partial charge in [0, 0.05) is 45.7 Å². The molecule has 0 aromatic carbocycles. The fourth-order valence-electron chi connectivity index (χ4n) is 2.88. The molecule has 2 rings (SSSR count). The molecule has 0 aliphatic carbocycles. The normalized spacial score (nSPS) is 25.4. The van der Waals surface area contributed by atoms with E-state index in [0.717, 1.165) is 13.1 Å². The molecule has 2 aliphatic rings. The topological polar surface area (TPSA) is 72.9 Å². The highest BCUT2D eigenvalue weighted by molar-refractivity contribution is 5.83. The van der Waals surface area contributed by atoms with Gasteiger partial charge in [-0.15, -0.1) is 0 Å². The second-order valence-corrected chi connectivity index (χ2v) is 6.45. The van der Waals surface area contributed by atoms with Crippen LogP contribution in [0.2, 0.25) is 0 Å². The summed E-state index contributed by atoms with van der Waals surface area (Å²) in [4.78, 5) is 27.6. The summed E-state index contributed by atoms with van der Waals surface area (Å²) < 4.78 is 0. The Labute approximate surface area is 120 Å². The van der Waals surface area contributed by atoms with Crippen LogP contribution in [-0.4, -0.2) is 71.6 Å². The lowest BCUT2D eigenvalue weighted by Gasteiger charge is -2.39. The van der Waals surface area contributed by atoms with Gasteiger partial charge in [0.1, 0.15) is 0 Å². The largest absolute Gasteiger partial charge is 0.389 e. The van der Waals surface area contributed by atoms with Gasteiger partial charge in [0.25, 0.3) is 0 Å². The van der Waals surface area contributed by atoms with Crippen molar-refractivity contribution in [2.75, 3.05) is 39.3 Å². The quantitative estimate of drug-likeness (QED) is 0.727. The fourth-order valence-corrected chi connectivity index (χ4v) is 2.88. The Hall–Kier alpha value is -1.14. The minimum atomic E-state index is -0.695. The summed E-state index contributed by atoms with van der Waals surface area (Å²) in [5.41, 5.74) is -0.695. The molecule has 2 aliphatic heterocycles. The maximum Gasteiger partial charge on any atom is 0.227 e. The zero-order valence-corrected chi connectivity index (χ0v) is 12.4. The standard InChI is InChI=1S/C14H25N3O3/c1-14(2,20)10-16-5-7-17(8-6-16)13(19)11-3-4-12(18)15-9-11/h11,20H,3-10H2,1-2H3,(H,15,18). The number of rotatable bonds is 3. The Kier molecular flexibility index (Phi) is 4.65. The zero-order chi connectivity index (χ0) is 14.8. The van der Waals surface area contributed by atoms with Gasteiger partial charge in [-0.3, -0.25) is 14.5 Å². The number of nitrogens with one attached hydrogen (secondary N) is 1. The lowest BCUT2D eigenvalue weighted by atomic mass is 9.97. The number of amides is 2. The highest BCUT2D eigenvalue weighted by Crippen LogP contribution is 2.16. The van der Waals surface area contributed by atoms with E-state index in [1.807, 2.05) is 4.90 Å². The van der Waals surface area contributed by atoms with Crippen molar-refractivity contribution in [3.05, 3.63) is 0 Å². The lowest BCUT2D eigenvalue weighted by Crippen LogP contribution is -2.54. The van der Waals surface area contributed by atoms with Gasteiger partial charge in [0.05, 0.1) is 11.5 Å². The van der Waals surface area contributed by atoms with E-state index < -0.39 is 5.60 Å². The molecule has 0 aromatic rings. The number of hydrogen-bond donors (Lipinski definition) is 2. The Bertz CT molecular complexity index is 360. The maximum absolute atomic E-state index is 12.4. The Morgan fingerprint density at radius 2 is 2.00 bits per heavy atom. The summed E-state index contributed by atoms with van der Waals surface area (Å²) in [5, 5.41) is 12.6. The van der Waals surface area contributed by atoms with Crippen molar-refractivity contribution in [2.24, 2.45) is 5.92 Å². The van der Waals surface area contributed by atoms with Crippen LogP contribution >= 0.6 is 0 Å². The molecule has 6 nitrogen and oxygen atoms in total. The van der Waals surface area contributed by atoms with Gasteiger partial charge >= 0.3 is 0 Å². The van der Waals surface area contributed by atoms with Crippen molar-refractivity contribution in [1.29, 1.82) is 0 Å². The van der Waals surface area contributed by atoms with E-state index in [0.29, 0.717) is 39.0 Å². The highest BCUT2D eigenvalue weighted by Gasteiger charge is 2.31. The molecule has 2 fully saturated rings. The third-order valence-electron chi connectivity index (χ3n) is 3.91. The van der Waals surface area contributed by atoms with Crippen LogP contribution < -0.4 is 5.32 Å². The van der Waals surface area contributed by atoms with E-state index >= 15 is 0 Å². The molecular weight excluding hydrogens is 258 g/mol. The summed E-state index contributed by atoms with van der Waals surface area (Å²) in [6.45, 7) is 7.73.